The molecule has 1 atom stereocenters. The van der Waals surface area contributed by atoms with Gasteiger partial charge in [-0.1, -0.05) is 6.92 Å². The molecule has 0 bridgehead atoms. The zero-order chi connectivity index (χ0) is 17.2. The number of rotatable bonds is 6. The highest BCUT2D eigenvalue weighted by molar-refractivity contribution is 7.89. The Morgan fingerprint density at radius 1 is 1.25 bits per heavy atom. The molecule has 1 saturated heterocycles. The molecule has 3 rings (SSSR count). The number of sulfonamides is 1. The first-order valence-corrected chi connectivity index (χ1v) is 10.4. The first-order valence-electron chi connectivity index (χ1n) is 8.18. The van der Waals surface area contributed by atoms with Gasteiger partial charge >= 0.3 is 0 Å². The van der Waals surface area contributed by atoms with Gasteiger partial charge in [-0.25, -0.2) is 18.4 Å². The van der Waals surface area contributed by atoms with Crippen LogP contribution in [-0.4, -0.2) is 35.8 Å². The Labute approximate surface area is 147 Å². The Morgan fingerprint density at radius 3 is 2.58 bits per heavy atom. The summed E-state index contributed by atoms with van der Waals surface area (Å²) in [6.07, 6.45) is 6.17. The number of aromatic nitrogens is 2. The van der Waals surface area contributed by atoms with Crippen LogP contribution in [0.1, 0.15) is 42.6 Å². The fraction of sp³-hybridized carbons (Fsp3) is 0.500. The Bertz CT molecular complexity index is 781. The van der Waals surface area contributed by atoms with Gasteiger partial charge in [0, 0.05) is 30.4 Å². The van der Waals surface area contributed by atoms with Crippen molar-refractivity contribution in [3.63, 3.8) is 0 Å². The third-order valence-electron chi connectivity index (χ3n) is 4.09. The van der Waals surface area contributed by atoms with Crippen LogP contribution < -0.4 is 5.32 Å². The molecule has 0 amide bonds. The minimum Gasteiger partial charge on any atom is -0.361 e. The molecule has 2 aromatic heterocycles. The summed E-state index contributed by atoms with van der Waals surface area (Å²) < 4.78 is 26.5. The normalized spacial score (nSPS) is 17.1. The maximum absolute atomic E-state index is 12.5. The molecule has 1 fully saturated rings. The molecule has 6 nitrogen and oxygen atoms in total. The van der Waals surface area contributed by atoms with Crippen LogP contribution in [0, 0.1) is 0 Å². The zero-order valence-corrected chi connectivity index (χ0v) is 15.5. The average molecular weight is 367 g/mol. The summed E-state index contributed by atoms with van der Waals surface area (Å²) in [5, 5.41) is 4.27. The van der Waals surface area contributed by atoms with Crippen LogP contribution in [0.4, 0.5) is 5.82 Å². The van der Waals surface area contributed by atoms with E-state index in [1.54, 1.807) is 23.5 Å². The highest BCUT2D eigenvalue weighted by Gasteiger charge is 2.27. The Balaban J connectivity index is 1.70. The monoisotopic (exact) mass is 366 g/mol. The van der Waals surface area contributed by atoms with Gasteiger partial charge in [0.1, 0.15) is 15.7 Å². The van der Waals surface area contributed by atoms with Crippen LogP contribution in [0.5, 0.6) is 0 Å². The molecule has 3 heterocycles. The first kappa shape index (κ1) is 17.3. The van der Waals surface area contributed by atoms with Gasteiger partial charge in [0.15, 0.2) is 0 Å². The van der Waals surface area contributed by atoms with E-state index in [-0.39, 0.29) is 10.9 Å². The van der Waals surface area contributed by atoms with E-state index in [4.69, 9.17) is 0 Å². The predicted octanol–water partition coefficient (Wildman–Crippen LogP) is 3.06. The largest absolute Gasteiger partial charge is 0.361 e. The zero-order valence-electron chi connectivity index (χ0n) is 13.9. The van der Waals surface area contributed by atoms with Crippen molar-refractivity contribution >= 4 is 27.2 Å². The number of aryl methyl sites for hydroxylation is 1. The van der Waals surface area contributed by atoms with Crippen LogP contribution >= 0.6 is 11.3 Å². The van der Waals surface area contributed by atoms with Crippen molar-refractivity contribution < 1.29 is 8.42 Å². The molecule has 1 unspecified atom stereocenters. The van der Waals surface area contributed by atoms with Crippen LogP contribution in [0.2, 0.25) is 0 Å². The van der Waals surface area contributed by atoms with Crippen LogP contribution in [0.15, 0.2) is 29.4 Å². The van der Waals surface area contributed by atoms with Gasteiger partial charge < -0.3 is 5.32 Å². The quantitative estimate of drug-likeness (QED) is 0.850. The molecular weight excluding hydrogens is 344 g/mol. The second-order valence-corrected chi connectivity index (χ2v) is 8.96. The molecule has 0 aromatic carbocycles. The lowest BCUT2D eigenvalue weighted by molar-refractivity contribution is 0.477. The lowest BCUT2D eigenvalue weighted by Crippen LogP contribution is -2.27. The lowest BCUT2D eigenvalue weighted by atomic mass is 10.3. The van der Waals surface area contributed by atoms with E-state index < -0.39 is 10.0 Å². The predicted molar refractivity (Wildman–Crippen MR) is 95.8 cm³/mol. The minimum absolute atomic E-state index is 0.0313. The second-order valence-electron chi connectivity index (χ2n) is 5.87. The topological polar surface area (TPSA) is 75.2 Å². The van der Waals surface area contributed by atoms with E-state index >= 15 is 0 Å². The smallest absolute Gasteiger partial charge is 0.244 e. The summed E-state index contributed by atoms with van der Waals surface area (Å²) in [5.41, 5.74) is 0. The average Bonchev–Trinajstić information content (AvgIpc) is 3.27. The molecule has 2 aromatic rings. The fourth-order valence-electron chi connectivity index (χ4n) is 2.67. The van der Waals surface area contributed by atoms with Gasteiger partial charge in [-0.05, 0) is 38.3 Å². The number of nitrogens with zero attached hydrogens (tertiary/aromatic N) is 3. The number of hydrogen-bond donors (Lipinski definition) is 1. The van der Waals surface area contributed by atoms with E-state index in [9.17, 15) is 8.42 Å². The second kappa shape index (κ2) is 7.16. The molecule has 1 N–H and O–H groups in total. The Hall–Kier alpha value is -1.51. The summed E-state index contributed by atoms with van der Waals surface area (Å²) in [6.45, 7) is 5.33. The van der Waals surface area contributed by atoms with Crippen LogP contribution in [0.3, 0.4) is 0 Å². The lowest BCUT2D eigenvalue weighted by Gasteiger charge is -2.16. The van der Waals surface area contributed by atoms with Crippen molar-refractivity contribution in [3.8, 4) is 0 Å². The van der Waals surface area contributed by atoms with E-state index in [0.29, 0.717) is 18.9 Å². The maximum atomic E-state index is 12.5. The van der Waals surface area contributed by atoms with Crippen molar-refractivity contribution in [1.29, 1.82) is 0 Å². The van der Waals surface area contributed by atoms with Crippen molar-refractivity contribution in [2.75, 3.05) is 18.4 Å². The van der Waals surface area contributed by atoms with E-state index in [2.05, 4.69) is 22.2 Å². The Kier molecular flexibility index (Phi) is 5.17. The van der Waals surface area contributed by atoms with Crippen molar-refractivity contribution in [2.24, 2.45) is 0 Å². The van der Waals surface area contributed by atoms with E-state index in [1.807, 2.05) is 13.1 Å². The SMILES string of the molecule is CCc1cnc(C(C)Nc2ccc(S(=O)(=O)N3CCCC3)cn2)s1. The van der Waals surface area contributed by atoms with Gasteiger partial charge in [-0.3, -0.25) is 0 Å². The van der Waals surface area contributed by atoms with Gasteiger partial charge in [-0.15, -0.1) is 11.3 Å². The van der Waals surface area contributed by atoms with Crippen molar-refractivity contribution in [2.45, 2.75) is 44.0 Å². The summed E-state index contributed by atoms with van der Waals surface area (Å²) in [4.78, 5) is 10.2. The molecule has 0 saturated carbocycles. The molecule has 130 valence electrons. The summed E-state index contributed by atoms with van der Waals surface area (Å²) in [5.74, 6) is 0.649. The third kappa shape index (κ3) is 3.60. The molecule has 8 heteroatoms. The molecule has 0 spiro atoms. The minimum atomic E-state index is -3.40. The van der Waals surface area contributed by atoms with Crippen molar-refractivity contribution in [1.82, 2.24) is 14.3 Å². The molecule has 1 aliphatic heterocycles. The standard InChI is InChI=1S/C16H22N4O2S2/c1-3-13-10-18-16(23-13)12(2)19-15-7-6-14(11-17-15)24(21,22)20-8-4-5-9-20/h6-7,10-12H,3-5,8-9H2,1-2H3,(H,17,19). The molecule has 24 heavy (non-hydrogen) atoms. The maximum Gasteiger partial charge on any atom is 0.244 e. The van der Waals surface area contributed by atoms with Crippen LogP contribution in [-0.2, 0) is 16.4 Å². The summed E-state index contributed by atoms with van der Waals surface area (Å²) in [6, 6.07) is 3.37. The Morgan fingerprint density at radius 2 is 2.00 bits per heavy atom. The molecule has 1 aliphatic rings. The highest BCUT2D eigenvalue weighted by atomic mass is 32.2. The number of hydrogen-bond acceptors (Lipinski definition) is 6. The number of pyridine rings is 1. The number of thiazole rings is 1. The van der Waals surface area contributed by atoms with Crippen LogP contribution in [0.25, 0.3) is 0 Å². The van der Waals surface area contributed by atoms with E-state index in [0.717, 1.165) is 24.3 Å². The number of anilines is 1. The fourth-order valence-corrected chi connectivity index (χ4v) is 4.99. The third-order valence-corrected chi connectivity index (χ3v) is 7.30. The van der Waals surface area contributed by atoms with Gasteiger partial charge in [0.25, 0.3) is 0 Å². The van der Waals surface area contributed by atoms with E-state index in [1.165, 1.54) is 15.4 Å². The first-order chi connectivity index (χ1) is 11.5. The van der Waals surface area contributed by atoms with Gasteiger partial charge in [-0.2, -0.15) is 4.31 Å². The highest BCUT2D eigenvalue weighted by Crippen LogP contribution is 2.25. The summed E-state index contributed by atoms with van der Waals surface area (Å²) >= 11 is 1.68. The molecule has 0 aliphatic carbocycles. The molecule has 0 radical (unpaired) electrons. The molecular formula is C16H22N4O2S2. The summed E-state index contributed by atoms with van der Waals surface area (Å²) in [7, 11) is -3.40. The van der Waals surface area contributed by atoms with Gasteiger partial charge in [0.05, 0.1) is 6.04 Å². The van der Waals surface area contributed by atoms with Gasteiger partial charge in [0.2, 0.25) is 10.0 Å². The number of nitrogens with one attached hydrogen (secondary N) is 1. The van der Waals surface area contributed by atoms with Crippen molar-refractivity contribution in [3.05, 3.63) is 34.4 Å².